The first-order valence-corrected chi connectivity index (χ1v) is 9.60. The van der Waals surface area contributed by atoms with Crippen molar-refractivity contribution in [3.8, 4) is 6.07 Å². The largest absolute Gasteiger partial charge is 0.394 e. The van der Waals surface area contributed by atoms with Crippen LogP contribution in [0.3, 0.4) is 0 Å². The van der Waals surface area contributed by atoms with Crippen LogP contribution >= 0.6 is 0 Å². The van der Waals surface area contributed by atoms with Crippen LogP contribution in [0.4, 0.5) is 5.69 Å². The maximum absolute atomic E-state index is 12.9. The third-order valence-electron chi connectivity index (χ3n) is 5.69. The number of nitrogens with one attached hydrogen (secondary N) is 1. The van der Waals surface area contributed by atoms with E-state index in [2.05, 4.69) is 11.4 Å². The second kappa shape index (κ2) is 7.95. The minimum Gasteiger partial charge on any atom is -0.394 e. The number of pyridine rings is 1. The maximum atomic E-state index is 12.9. The lowest BCUT2D eigenvalue weighted by Gasteiger charge is -2.22. The first-order chi connectivity index (χ1) is 12.9. The molecule has 1 heterocycles. The second-order valence-electron chi connectivity index (χ2n) is 7.80. The molecule has 0 aromatic carbocycles. The van der Waals surface area contributed by atoms with Gasteiger partial charge in [0.05, 0.1) is 6.07 Å². The number of carbonyl (C=O) groups excluding carboxylic acids is 2. The van der Waals surface area contributed by atoms with Gasteiger partial charge in [-0.3, -0.25) is 14.4 Å². The normalized spacial score (nSPS) is 21.5. The van der Waals surface area contributed by atoms with Crippen LogP contribution in [0.15, 0.2) is 17.1 Å². The number of amides is 1. The molecule has 0 radical (unpaired) electrons. The minimum absolute atomic E-state index is 0.138. The Morgan fingerprint density at radius 1 is 1.37 bits per heavy atom. The number of nitriles is 1. The van der Waals surface area contributed by atoms with E-state index in [1.54, 1.807) is 19.2 Å². The molecule has 1 aromatic rings. The zero-order valence-electron chi connectivity index (χ0n) is 15.6. The number of nitrogens with zero attached hydrogens (tertiary/aromatic N) is 2. The van der Waals surface area contributed by atoms with Crippen LogP contribution < -0.4 is 16.6 Å². The van der Waals surface area contributed by atoms with Crippen molar-refractivity contribution in [1.82, 2.24) is 9.88 Å². The summed E-state index contributed by atoms with van der Waals surface area (Å²) in [7, 11) is 0. The Hall–Kier alpha value is -2.62. The van der Waals surface area contributed by atoms with Crippen molar-refractivity contribution in [1.29, 1.82) is 5.26 Å². The molecule has 2 fully saturated rings. The van der Waals surface area contributed by atoms with E-state index in [-0.39, 0.29) is 28.9 Å². The summed E-state index contributed by atoms with van der Waals surface area (Å²) in [5.74, 6) is 0.0625. The van der Waals surface area contributed by atoms with Gasteiger partial charge in [0.25, 0.3) is 5.56 Å². The number of aryl methyl sites for hydroxylation is 1. The van der Waals surface area contributed by atoms with Crippen LogP contribution in [0.2, 0.25) is 0 Å². The molecule has 27 heavy (non-hydrogen) atoms. The zero-order chi connectivity index (χ0) is 19.6. The molecule has 7 nitrogen and oxygen atoms in total. The van der Waals surface area contributed by atoms with E-state index >= 15 is 0 Å². The summed E-state index contributed by atoms with van der Waals surface area (Å²) >= 11 is 0. The highest BCUT2D eigenvalue weighted by molar-refractivity contribution is 5.83. The van der Waals surface area contributed by atoms with Gasteiger partial charge in [0.2, 0.25) is 5.91 Å². The number of hydrogen-bond acceptors (Lipinski definition) is 5. The molecule has 3 atom stereocenters. The molecule has 144 valence electrons. The molecule has 7 heteroatoms. The van der Waals surface area contributed by atoms with Crippen LogP contribution in [0.1, 0.15) is 56.6 Å². The second-order valence-corrected chi connectivity index (χ2v) is 7.80. The molecular weight excluding hydrogens is 344 g/mol. The van der Waals surface area contributed by atoms with Gasteiger partial charge < -0.3 is 15.6 Å². The molecule has 0 unspecified atom stereocenters. The quantitative estimate of drug-likeness (QED) is 0.759. The molecule has 2 aliphatic carbocycles. The number of anilines is 1. The van der Waals surface area contributed by atoms with Crippen molar-refractivity contribution < 1.29 is 9.59 Å². The van der Waals surface area contributed by atoms with Gasteiger partial charge in [-0.1, -0.05) is 12.8 Å². The van der Waals surface area contributed by atoms with Crippen molar-refractivity contribution in [2.24, 2.45) is 11.8 Å². The Morgan fingerprint density at radius 3 is 2.70 bits per heavy atom. The molecule has 3 rings (SSSR count). The monoisotopic (exact) mass is 370 g/mol. The highest BCUT2D eigenvalue weighted by Gasteiger charge is 2.33. The maximum Gasteiger partial charge on any atom is 0.274 e. The van der Waals surface area contributed by atoms with Gasteiger partial charge in [-0.05, 0) is 50.2 Å². The van der Waals surface area contributed by atoms with Gasteiger partial charge in [0.1, 0.15) is 23.6 Å². The summed E-state index contributed by atoms with van der Waals surface area (Å²) in [5, 5.41) is 12.2. The highest BCUT2D eigenvalue weighted by Crippen LogP contribution is 2.37. The Morgan fingerprint density at radius 2 is 2.11 bits per heavy atom. The van der Waals surface area contributed by atoms with Crippen LogP contribution in [-0.2, 0) is 9.59 Å². The van der Waals surface area contributed by atoms with E-state index in [4.69, 9.17) is 5.73 Å². The molecule has 2 saturated carbocycles. The molecule has 0 bridgehead atoms. The molecule has 3 N–H and O–H groups in total. The van der Waals surface area contributed by atoms with Crippen molar-refractivity contribution in [3.05, 3.63) is 28.2 Å². The molecule has 0 spiro atoms. The van der Waals surface area contributed by atoms with Crippen LogP contribution in [0, 0.1) is 30.1 Å². The highest BCUT2D eigenvalue weighted by atomic mass is 16.2. The summed E-state index contributed by atoms with van der Waals surface area (Å²) in [5.41, 5.74) is 6.30. The zero-order valence-corrected chi connectivity index (χ0v) is 15.6. The topological polar surface area (TPSA) is 118 Å². The summed E-state index contributed by atoms with van der Waals surface area (Å²) in [6, 6.07) is 2.40. The van der Waals surface area contributed by atoms with E-state index in [0.29, 0.717) is 30.7 Å². The van der Waals surface area contributed by atoms with Crippen LogP contribution in [-0.4, -0.2) is 22.3 Å². The first kappa shape index (κ1) is 19.2. The summed E-state index contributed by atoms with van der Waals surface area (Å²) in [6.45, 7) is 1.75. The Bertz CT molecular complexity index is 835. The van der Waals surface area contributed by atoms with E-state index in [9.17, 15) is 19.6 Å². The Balaban J connectivity index is 1.77. The Kier molecular flexibility index (Phi) is 5.64. The van der Waals surface area contributed by atoms with Crippen molar-refractivity contribution >= 4 is 17.4 Å². The number of nitrogen functional groups attached to an aromatic ring is 1. The molecule has 2 aliphatic rings. The molecule has 1 aromatic heterocycles. The number of nitrogens with two attached hydrogens (primary N) is 1. The fraction of sp³-hybridized carbons (Fsp3) is 0.600. The van der Waals surface area contributed by atoms with E-state index in [1.807, 2.05) is 0 Å². The van der Waals surface area contributed by atoms with Gasteiger partial charge in [-0.25, -0.2) is 0 Å². The number of ketones is 1. The average Bonchev–Trinajstić information content (AvgIpc) is 3.39. The smallest absolute Gasteiger partial charge is 0.274 e. The summed E-state index contributed by atoms with van der Waals surface area (Å²) < 4.78 is 1.38. The summed E-state index contributed by atoms with van der Waals surface area (Å²) in [6.07, 6.45) is 6.74. The van der Waals surface area contributed by atoms with Gasteiger partial charge in [-0.15, -0.1) is 0 Å². The number of carbonyl (C=O) groups is 2. The van der Waals surface area contributed by atoms with Crippen molar-refractivity contribution in [3.63, 3.8) is 0 Å². The lowest BCUT2D eigenvalue weighted by atomic mass is 9.97. The van der Waals surface area contributed by atoms with Gasteiger partial charge in [-0.2, -0.15) is 5.26 Å². The number of rotatable bonds is 7. The van der Waals surface area contributed by atoms with E-state index in [0.717, 1.165) is 25.7 Å². The van der Waals surface area contributed by atoms with E-state index < -0.39 is 12.1 Å². The average molecular weight is 370 g/mol. The predicted molar refractivity (Wildman–Crippen MR) is 101 cm³/mol. The molecule has 1 amide bonds. The van der Waals surface area contributed by atoms with Gasteiger partial charge in [0.15, 0.2) is 0 Å². The number of hydrogen-bond donors (Lipinski definition) is 2. The lowest BCUT2D eigenvalue weighted by Crippen LogP contribution is -2.43. The van der Waals surface area contributed by atoms with Gasteiger partial charge >= 0.3 is 0 Å². The predicted octanol–water partition coefficient (Wildman–Crippen LogP) is 1.85. The fourth-order valence-electron chi connectivity index (χ4n) is 3.75. The first-order valence-electron chi connectivity index (χ1n) is 9.60. The molecule has 0 aliphatic heterocycles. The standard InChI is InChI=1S/C20H26N4O3/c1-12-7-8-24(20(27)18(12)22)16(9-13-5-6-13)19(26)23-15(11-21)10-14-3-2-4-17(14)25/h7-8,13-16H,2-6,9-10,22H2,1H3,(H,23,26)/t14-,15-,16-/m0/s1. The van der Waals surface area contributed by atoms with Crippen LogP contribution in [0.25, 0.3) is 0 Å². The SMILES string of the molecule is Cc1ccn([C@@H](CC2CC2)C(=O)N[C@H](C#N)C[C@@H]2CCCC2=O)c(=O)c1N. The van der Waals surface area contributed by atoms with Crippen LogP contribution in [0.5, 0.6) is 0 Å². The Labute approximate surface area is 158 Å². The molecular formula is C20H26N4O3. The molecule has 0 saturated heterocycles. The third-order valence-corrected chi connectivity index (χ3v) is 5.69. The van der Waals surface area contributed by atoms with Gasteiger partial charge in [0, 0.05) is 18.5 Å². The summed E-state index contributed by atoms with van der Waals surface area (Å²) in [4.78, 5) is 37.3. The fourth-order valence-corrected chi connectivity index (χ4v) is 3.75. The lowest BCUT2D eigenvalue weighted by molar-refractivity contribution is -0.126. The van der Waals surface area contributed by atoms with Crippen molar-refractivity contribution in [2.45, 2.75) is 64.0 Å². The third kappa shape index (κ3) is 4.38. The number of Topliss-reactive ketones (excluding diaryl/α,β-unsaturated/α-hetero) is 1. The van der Waals surface area contributed by atoms with Crippen molar-refractivity contribution in [2.75, 3.05) is 5.73 Å². The van der Waals surface area contributed by atoms with E-state index in [1.165, 1.54) is 4.57 Å². The minimum atomic E-state index is -0.732. The number of aromatic nitrogens is 1.